The van der Waals surface area contributed by atoms with Crippen molar-refractivity contribution in [3.63, 3.8) is 0 Å². The van der Waals surface area contributed by atoms with Crippen molar-refractivity contribution in [1.82, 2.24) is 25.6 Å². The Morgan fingerprint density at radius 1 is 1.15 bits per heavy atom. The second-order valence-electron chi connectivity index (χ2n) is 6.64. The van der Waals surface area contributed by atoms with E-state index >= 15 is 0 Å². The molecule has 0 unspecified atom stereocenters. The molecule has 2 aromatic heterocycles. The monoisotopic (exact) mass is 353 g/mol. The summed E-state index contributed by atoms with van der Waals surface area (Å²) in [7, 11) is 0. The second-order valence-corrected chi connectivity index (χ2v) is 6.64. The van der Waals surface area contributed by atoms with Crippen LogP contribution in [0.1, 0.15) is 31.1 Å². The predicted molar refractivity (Wildman–Crippen MR) is 95.7 cm³/mol. The highest BCUT2D eigenvalue weighted by Crippen LogP contribution is 2.17. The van der Waals surface area contributed by atoms with Gasteiger partial charge in [-0.1, -0.05) is 0 Å². The van der Waals surface area contributed by atoms with E-state index in [1.807, 2.05) is 18.3 Å². The van der Waals surface area contributed by atoms with E-state index in [1.165, 1.54) is 0 Å². The number of hydrogen-bond donors (Lipinski definition) is 2. The van der Waals surface area contributed by atoms with Crippen molar-refractivity contribution in [2.75, 3.05) is 0 Å². The average molecular weight is 353 g/mol. The Morgan fingerprint density at radius 2 is 1.96 bits per heavy atom. The number of aromatic nitrogens is 3. The zero-order valence-electron chi connectivity index (χ0n) is 14.7. The molecule has 0 aliphatic carbocycles. The standard InChI is InChI=1S/C18H19N5O3/c1-18(2,3)26-17(25)21-20-16(24)12-6-7-15-13(9-12)11-23(22-15)14-5-4-8-19-10-14/h4-11H,1-3H3,(H,20,24)(H,21,25). The molecule has 0 bridgehead atoms. The van der Waals surface area contributed by atoms with E-state index in [4.69, 9.17) is 4.74 Å². The molecule has 26 heavy (non-hydrogen) atoms. The van der Waals surface area contributed by atoms with E-state index in [0.29, 0.717) is 5.56 Å². The molecule has 0 saturated heterocycles. The molecule has 2 N–H and O–H groups in total. The molecular weight excluding hydrogens is 334 g/mol. The molecule has 3 rings (SSSR count). The van der Waals surface area contributed by atoms with Crippen LogP contribution in [-0.2, 0) is 4.74 Å². The van der Waals surface area contributed by atoms with Crippen molar-refractivity contribution < 1.29 is 14.3 Å². The van der Waals surface area contributed by atoms with Crippen LogP contribution in [0.3, 0.4) is 0 Å². The molecule has 3 aromatic rings. The van der Waals surface area contributed by atoms with E-state index in [2.05, 4.69) is 20.9 Å². The quantitative estimate of drug-likeness (QED) is 0.690. The van der Waals surface area contributed by atoms with Gasteiger partial charge in [-0.05, 0) is 51.1 Å². The molecule has 8 nitrogen and oxygen atoms in total. The third-order valence-electron chi connectivity index (χ3n) is 3.35. The van der Waals surface area contributed by atoms with Crippen LogP contribution in [0.4, 0.5) is 4.79 Å². The molecule has 0 fully saturated rings. The number of hydrazine groups is 1. The van der Waals surface area contributed by atoms with E-state index in [0.717, 1.165) is 16.6 Å². The molecule has 0 atom stereocenters. The number of carbonyl (C=O) groups excluding carboxylic acids is 2. The molecule has 1 aromatic carbocycles. The lowest BCUT2D eigenvalue weighted by molar-refractivity contribution is 0.0483. The van der Waals surface area contributed by atoms with Crippen molar-refractivity contribution in [3.8, 4) is 5.69 Å². The van der Waals surface area contributed by atoms with Gasteiger partial charge in [0.1, 0.15) is 5.60 Å². The number of benzene rings is 1. The number of nitrogens with zero attached hydrogens (tertiary/aromatic N) is 3. The highest BCUT2D eigenvalue weighted by atomic mass is 16.6. The minimum Gasteiger partial charge on any atom is -0.443 e. The number of pyridine rings is 1. The van der Waals surface area contributed by atoms with E-state index in [-0.39, 0.29) is 0 Å². The Hall–Kier alpha value is -3.42. The van der Waals surface area contributed by atoms with Crippen LogP contribution in [0.2, 0.25) is 0 Å². The third kappa shape index (κ3) is 4.15. The highest BCUT2D eigenvalue weighted by Gasteiger charge is 2.17. The lowest BCUT2D eigenvalue weighted by Gasteiger charge is -2.19. The van der Waals surface area contributed by atoms with Gasteiger partial charge in [0.05, 0.1) is 17.4 Å². The van der Waals surface area contributed by atoms with Crippen LogP contribution in [0.15, 0.2) is 48.9 Å². The van der Waals surface area contributed by atoms with Crippen LogP contribution < -0.4 is 10.9 Å². The van der Waals surface area contributed by atoms with Gasteiger partial charge in [0.25, 0.3) is 5.91 Å². The molecule has 0 saturated carbocycles. The maximum absolute atomic E-state index is 12.2. The highest BCUT2D eigenvalue weighted by molar-refractivity contribution is 5.98. The number of carbonyl (C=O) groups is 2. The number of rotatable bonds is 2. The van der Waals surface area contributed by atoms with Crippen LogP contribution in [0.25, 0.3) is 16.6 Å². The van der Waals surface area contributed by atoms with Crippen LogP contribution in [-0.4, -0.2) is 32.4 Å². The van der Waals surface area contributed by atoms with E-state index in [1.54, 1.807) is 56.0 Å². The Kier molecular flexibility index (Phi) is 4.57. The summed E-state index contributed by atoms with van der Waals surface area (Å²) in [5.41, 5.74) is 5.86. The molecule has 0 radical (unpaired) electrons. The van der Waals surface area contributed by atoms with Crippen LogP contribution in [0, 0.1) is 0 Å². The molecule has 8 heteroatoms. The molecule has 0 spiro atoms. The summed E-state index contributed by atoms with van der Waals surface area (Å²) in [6, 6.07) is 8.78. The Balaban J connectivity index is 1.72. The summed E-state index contributed by atoms with van der Waals surface area (Å²) in [5.74, 6) is -0.452. The zero-order valence-corrected chi connectivity index (χ0v) is 14.7. The number of fused-ring (bicyclic) bond motifs is 1. The van der Waals surface area contributed by atoms with Crippen molar-refractivity contribution in [1.29, 1.82) is 0 Å². The summed E-state index contributed by atoms with van der Waals surface area (Å²) in [6.45, 7) is 5.22. The largest absolute Gasteiger partial charge is 0.443 e. The summed E-state index contributed by atoms with van der Waals surface area (Å²) in [5, 5.41) is 5.24. The van der Waals surface area contributed by atoms with Crippen LogP contribution >= 0.6 is 0 Å². The van der Waals surface area contributed by atoms with E-state index in [9.17, 15) is 9.59 Å². The van der Waals surface area contributed by atoms with Gasteiger partial charge < -0.3 is 4.74 Å². The summed E-state index contributed by atoms with van der Waals surface area (Å²) in [6.07, 6.45) is 4.47. The fraction of sp³-hybridized carbons (Fsp3) is 0.222. The lowest BCUT2D eigenvalue weighted by atomic mass is 10.1. The van der Waals surface area contributed by atoms with Gasteiger partial charge in [-0.3, -0.25) is 15.2 Å². The number of nitrogens with one attached hydrogen (secondary N) is 2. The molecule has 2 heterocycles. The van der Waals surface area contributed by atoms with Crippen molar-refractivity contribution in [2.24, 2.45) is 0 Å². The molecule has 2 amide bonds. The summed E-state index contributed by atoms with van der Waals surface area (Å²) >= 11 is 0. The van der Waals surface area contributed by atoms with Gasteiger partial charge in [0.15, 0.2) is 0 Å². The summed E-state index contributed by atoms with van der Waals surface area (Å²) in [4.78, 5) is 27.9. The number of amides is 2. The second kappa shape index (κ2) is 6.83. The molecule has 134 valence electrons. The van der Waals surface area contributed by atoms with Gasteiger partial charge in [-0.2, -0.15) is 5.10 Å². The maximum Gasteiger partial charge on any atom is 0.426 e. The smallest absolute Gasteiger partial charge is 0.426 e. The van der Waals surface area contributed by atoms with Crippen molar-refractivity contribution in [3.05, 3.63) is 54.5 Å². The first-order chi connectivity index (χ1) is 12.3. The first-order valence-electron chi connectivity index (χ1n) is 8.01. The number of hydrogen-bond acceptors (Lipinski definition) is 5. The van der Waals surface area contributed by atoms with Crippen molar-refractivity contribution in [2.45, 2.75) is 26.4 Å². The number of ether oxygens (including phenoxy) is 1. The first-order valence-corrected chi connectivity index (χ1v) is 8.01. The van der Waals surface area contributed by atoms with Gasteiger partial charge in [0.2, 0.25) is 0 Å². The van der Waals surface area contributed by atoms with Gasteiger partial charge in [-0.25, -0.2) is 14.9 Å². The minimum atomic E-state index is -0.726. The maximum atomic E-state index is 12.2. The van der Waals surface area contributed by atoms with Gasteiger partial charge in [-0.15, -0.1) is 0 Å². The fourth-order valence-corrected chi connectivity index (χ4v) is 2.27. The summed E-state index contributed by atoms with van der Waals surface area (Å²) < 4.78 is 6.76. The predicted octanol–water partition coefficient (Wildman–Crippen LogP) is 2.59. The first kappa shape index (κ1) is 17.4. The Labute approximate surface area is 150 Å². The molecule has 0 aliphatic heterocycles. The zero-order chi connectivity index (χ0) is 18.7. The topological polar surface area (TPSA) is 98.1 Å². The van der Waals surface area contributed by atoms with Gasteiger partial charge >= 0.3 is 6.09 Å². The average Bonchev–Trinajstić information content (AvgIpc) is 3.02. The Bertz CT molecular complexity index is 944. The SMILES string of the molecule is CC(C)(C)OC(=O)NNC(=O)c1ccc2nn(-c3cccnc3)cc2c1. The molecule has 0 aliphatic rings. The van der Waals surface area contributed by atoms with E-state index < -0.39 is 17.6 Å². The normalized spacial score (nSPS) is 11.2. The van der Waals surface area contributed by atoms with Crippen molar-refractivity contribution >= 4 is 22.9 Å². The fourth-order valence-electron chi connectivity index (χ4n) is 2.27. The third-order valence-corrected chi connectivity index (χ3v) is 3.35. The molecular formula is C18H19N5O3. The van der Waals surface area contributed by atoms with Crippen LogP contribution in [0.5, 0.6) is 0 Å². The van der Waals surface area contributed by atoms with Gasteiger partial charge in [0, 0.05) is 23.3 Å². The lowest BCUT2D eigenvalue weighted by Crippen LogP contribution is -2.44. The Morgan fingerprint density at radius 3 is 2.65 bits per heavy atom. The minimum absolute atomic E-state index is 0.388.